The zero-order valence-electron chi connectivity index (χ0n) is 18.9. The van der Waals surface area contributed by atoms with Gasteiger partial charge in [-0.3, -0.25) is 14.9 Å². The molecule has 0 unspecified atom stereocenters. The van der Waals surface area contributed by atoms with Gasteiger partial charge < -0.3 is 9.30 Å². The molecule has 3 rings (SSSR count). The molecule has 0 bridgehead atoms. The Kier molecular flexibility index (Phi) is 6.35. The number of nitrogens with zero attached hydrogens (tertiary/aromatic N) is 4. The maximum absolute atomic E-state index is 15.0. The summed E-state index contributed by atoms with van der Waals surface area (Å²) in [6.45, 7) is 8.15. The zero-order chi connectivity index (χ0) is 24.7. The van der Waals surface area contributed by atoms with Crippen LogP contribution in [0.2, 0.25) is 0 Å². The van der Waals surface area contributed by atoms with Crippen LogP contribution in [0.3, 0.4) is 0 Å². The summed E-state index contributed by atoms with van der Waals surface area (Å²) in [5, 5.41) is 11.1. The van der Waals surface area contributed by atoms with Crippen LogP contribution in [0.15, 0.2) is 29.2 Å². The van der Waals surface area contributed by atoms with Crippen molar-refractivity contribution in [3.05, 3.63) is 67.9 Å². The van der Waals surface area contributed by atoms with Crippen LogP contribution in [0.5, 0.6) is 0 Å². The number of rotatable bonds is 5. The summed E-state index contributed by atoms with van der Waals surface area (Å²) < 4.78 is 36.8. The molecule has 0 aliphatic carbocycles. The van der Waals surface area contributed by atoms with Crippen LogP contribution in [-0.4, -0.2) is 30.7 Å². The first kappa shape index (κ1) is 24.0. The van der Waals surface area contributed by atoms with E-state index >= 15 is 0 Å². The Labute approximate surface area is 187 Å². The number of nitro groups is 1. The summed E-state index contributed by atoms with van der Waals surface area (Å²) in [7, 11) is 0. The molecule has 0 saturated heterocycles. The molecule has 0 aliphatic heterocycles. The van der Waals surface area contributed by atoms with Crippen molar-refractivity contribution >= 4 is 22.8 Å². The van der Waals surface area contributed by atoms with Gasteiger partial charge in [-0.2, -0.15) is 0 Å². The highest BCUT2D eigenvalue weighted by atomic mass is 19.1. The minimum atomic E-state index is -1.02. The maximum atomic E-state index is 15.0. The lowest BCUT2D eigenvalue weighted by Crippen LogP contribution is -2.30. The quantitative estimate of drug-likeness (QED) is 0.410. The topological polar surface area (TPSA) is 109 Å². The lowest BCUT2D eigenvalue weighted by atomic mass is 10.0. The first-order chi connectivity index (χ1) is 15.3. The molecular formula is C22H24F2N4O5. The molecule has 2 heterocycles. The van der Waals surface area contributed by atoms with Gasteiger partial charge in [0.05, 0.1) is 17.0 Å². The first-order valence-electron chi connectivity index (χ1n) is 10.3. The molecule has 9 nitrogen and oxygen atoms in total. The third-order valence-corrected chi connectivity index (χ3v) is 4.70. The fraction of sp³-hybridized carbons (Fsp3) is 0.409. The van der Waals surface area contributed by atoms with E-state index in [0.717, 1.165) is 15.2 Å². The molecule has 1 aromatic carbocycles. The van der Waals surface area contributed by atoms with E-state index in [4.69, 9.17) is 4.74 Å². The number of ether oxygens (including phenoxy) is 1. The van der Waals surface area contributed by atoms with Crippen molar-refractivity contribution in [2.75, 3.05) is 0 Å². The van der Waals surface area contributed by atoms with Gasteiger partial charge in [0.25, 0.3) is 0 Å². The van der Waals surface area contributed by atoms with E-state index in [2.05, 4.69) is 4.98 Å². The lowest BCUT2D eigenvalue weighted by Gasteiger charge is -2.20. The minimum Gasteiger partial charge on any atom is -0.443 e. The predicted molar refractivity (Wildman–Crippen MR) is 116 cm³/mol. The largest absolute Gasteiger partial charge is 0.443 e. The standard InChI is InChI=1S/C22H24F2N4O5/c1-12(2)9-13-14(23)10-15(24)19-18(13)25-17(27(19)21(30)33-22(3,4)5)11-26-8-6-7-16(20(26)29)28(31)32/h6-8,10,12H,9,11H2,1-5H3. The van der Waals surface area contributed by atoms with Crippen LogP contribution in [0.25, 0.3) is 11.0 Å². The summed E-state index contributed by atoms with van der Waals surface area (Å²) >= 11 is 0. The fourth-order valence-electron chi connectivity index (χ4n) is 3.43. The van der Waals surface area contributed by atoms with E-state index in [9.17, 15) is 28.5 Å². The summed E-state index contributed by atoms with van der Waals surface area (Å²) in [4.78, 5) is 40.1. The van der Waals surface area contributed by atoms with Gasteiger partial charge in [-0.15, -0.1) is 0 Å². The van der Waals surface area contributed by atoms with Crippen molar-refractivity contribution in [2.24, 2.45) is 5.92 Å². The highest BCUT2D eigenvalue weighted by Crippen LogP contribution is 2.29. The first-order valence-corrected chi connectivity index (χ1v) is 10.3. The Balaban J connectivity index is 2.30. The third kappa shape index (κ3) is 4.91. The van der Waals surface area contributed by atoms with Gasteiger partial charge in [0.2, 0.25) is 0 Å². The summed E-state index contributed by atoms with van der Waals surface area (Å²) in [6, 6.07) is 3.03. The second-order valence-corrected chi connectivity index (χ2v) is 9.04. The van der Waals surface area contributed by atoms with Gasteiger partial charge in [-0.05, 0) is 39.2 Å². The SMILES string of the molecule is CC(C)Cc1c(F)cc(F)c2c1nc(Cn1cccc([N+](=O)[O-])c1=O)n2C(=O)OC(C)(C)C. The molecule has 2 aromatic heterocycles. The Morgan fingerprint density at radius 3 is 2.52 bits per heavy atom. The molecule has 3 aromatic rings. The molecule has 0 amide bonds. The molecule has 0 saturated carbocycles. The monoisotopic (exact) mass is 462 g/mol. The van der Waals surface area contributed by atoms with Crippen LogP contribution in [0, 0.1) is 27.7 Å². The van der Waals surface area contributed by atoms with Crippen LogP contribution < -0.4 is 5.56 Å². The van der Waals surface area contributed by atoms with E-state index in [1.165, 1.54) is 12.3 Å². The van der Waals surface area contributed by atoms with E-state index in [1.807, 2.05) is 13.8 Å². The van der Waals surface area contributed by atoms with E-state index in [0.29, 0.717) is 6.07 Å². The number of hydrogen-bond acceptors (Lipinski definition) is 6. The van der Waals surface area contributed by atoms with Crippen molar-refractivity contribution in [3.63, 3.8) is 0 Å². The molecule has 176 valence electrons. The Hall–Kier alpha value is -3.63. The number of hydrogen-bond donors (Lipinski definition) is 0. The Morgan fingerprint density at radius 2 is 1.94 bits per heavy atom. The average Bonchev–Trinajstić information content (AvgIpc) is 3.04. The second-order valence-electron chi connectivity index (χ2n) is 9.04. The van der Waals surface area contributed by atoms with Gasteiger partial charge >= 0.3 is 17.3 Å². The van der Waals surface area contributed by atoms with Crippen molar-refractivity contribution in [3.8, 4) is 0 Å². The molecule has 0 spiro atoms. The third-order valence-electron chi connectivity index (χ3n) is 4.70. The number of carbonyl (C=O) groups is 1. The summed E-state index contributed by atoms with van der Waals surface area (Å²) in [5.41, 5.74) is -2.77. The number of fused-ring (bicyclic) bond motifs is 1. The average molecular weight is 462 g/mol. The molecule has 0 fully saturated rings. The number of carbonyl (C=O) groups excluding carboxylic acids is 1. The number of imidazole rings is 1. The van der Waals surface area contributed by atoms with Crippen molar-refractivity contribution in [1.82, 2.24) is 14.1 Å². The van der Waals surface area contributed by atoms with Crippen molar-refractivity contribution in [1.29, 1.82) is 0 Å². The number of pyridine rings is 1. The molecular weight excluding hydrogens is 438 g/mol. The van der Waals surface area contributed by atoms with Gasteiger partial charge in [0, 0.05) is 23.9 Å². The van der Waals surface area contributed by atoms with Crippen LogP contribution in [-0.2, 0) is 17.7 Å². The van der Waals surface area contributed by atoms with Gasteiger partial charge in [0.1, 0.15) is 22.8 Å². The summed E-state index contributed by atoms with van der Waals surface area (Å²) in [5.74, 6) is -1.95. The lowest BCUT2D eigenvalue weighted by molar-refractivity contribution is -0.386. The fourth-order valence-corrected chi connectivity index (χ4v) is 3.43. The van der Waals surface area contributed by atoms with Crippen LogP contribution in [0.1, 0.15) is 46.0 Å². The highest BCUT2D eigenvalue weighted by Gasteiger charge is 2.28. The highest BCUT2D eigenvalue weighted by molar-refractivity contribution is 5.90. The van der Waals surface area contributed by atoms with E-state index in [1.54, 1.807) is 20.8 Å². The van der Waals surface area contributed by atoms with Gasteiger partial charge in [-0.25, -0.2) is 23.1 Å². The van der Waals surface area contributed by atoms with Crippen molar-refractivity contribution in [2.45, 2.75) is 53.2 Å². The normalized spacial score (nSPS) is 11.9. The van der Waals surface area contributed by atoms with Crippen molar-refractivity contribution < 1.29 is 23.2 Å². The number of halogens is 2. The maximum Gasteiger partial charge on any atom is 0.420 e. The Morgan fingerprint density at radius 1 is 1.27 bits per heavy atom. The van der Waals surface area contributed by atoms with E-state index < -0.39 is 46.0 Å². The zero-order valence-corrected chi connectivity index (χ0v) is 18.9. The number of aromatic nitrogens is 3. The minimum absolute atomic E-state index is 0.00248. The van der Waals surface area contributed by atoms with E-state index in [-0.39, 0.29) is 34.8 Å². The van der Waals surface area contributed by atoms with Gasteiger partial charge in [-0.1, -0.05) is 13.8 Å². The molecule has 11 heteroatoms. The number of benzene rings is 1. The second kappa shape index (κ2) is 8.72. The molecule has 0 radical (unpaired) electrons. The summed E-state index contributed by atoms with van der Waals surface area (Å²) in [6.07, 6.45) is 0.531. The molecule has 33 heavy (non-hydrogen) atoms. The van der Waals surface area contributed by atoms with Crippen LogP contribution >= 0.6 is 0 Å². The Bertz CT molecular complexity index is 1300. The van der Waals surface area contributed by atoms with Crippen LogP contribution in [0.4, 0.5) is 19.3 Å². The molecule has 0 aliphatic rings. The predicted octanol–water partition coefficient (Wildman–Crippen LogP) is 4.41. The molecule has 0 atom stereocenters. The van der Waals surface area contributed by atoms with Gasteiger partial charge in [0.15, 0.2) is 5.82 Å². The smallest absolute Gasteiger partial charge is 0.420 e. The molecule has 0 N–H and O–H groups in total.